The Labute approximate surface area is 98.1 Å². The highest BCUT2D eigenvalue weighted by molar-refractivity contribution is 6.08. The second-order valence-electron chi connectivity index (χ2n) is 3.67. The Bertz CT molecular complexity index is 563. The molecule has 0 spiro atoms. The number of nitrogens with zero attached hydrogens (tertiary/aromatic N) is 3. The lowest BCUT2D eigenvalue weighted by Gasteiger charge is -2.04. The van der Waals surface area contributed by atoms with Gasteiger partial charge in [0.1, 0.15) is 5.69 Å². The van der Waals surface area contributed by atoms with E-state index in [0.29, 0.717) is 12.2 Å². The van der Waals surface area contributed by atoms with Crippen LogP contribution < -0.4 is 0 Å². The van der Waals surface area contributed by atoms with Crippen molar-refractivity contribution in [2.45, 2.75) is 20.4 Å². The van der Waals surface area contributed by atoms with Crippen LogP contribution in [0, 0.1) is 12.7 Å². The molecule has 0 saturated carbocycles. The minimum Gasteiger partial charge on any atom is -0.287 e. The molecule has 0 aliphatic heterocycles. The van der Waals surface area contributed by atoms with Crippen LogP contribution >= 0.6 is 0 Å². The number of rotatable bonds is 3. The zero-order valence-electron chi connectivity index (χ0n) is 9.64. The van der Waals surface area contributed by atoms with E-state index in [1.54, 1.807) is 17.7 Å². The fourth-order valence-corrected chi connectivity index (χ4v) is 1.67. The minimum atomic E-state index is -0.612. The fraction of sp³-hybridized carbons (Fsp3) is 0.250. The van der Waals surface area contributed by atoms with E-state index in [2.05, 4.69) is 10.1 Å². The molecule has 88 valence electrons. The standard InChI is InChI=1S/C12H12FN3O/c1-3-16-11(6-8(2)15-16)12(17)9-4-5-14-7-10(9)13/h4-7H,3H2,1-2H3. The van der Waals surface area contributed by atoms with Crippen molar-refractivity contribution in [3.05, 3.63) is 47.3 Å². The lowest BCUT2D eigenvalue weighted by molar-refractivity contribution is 0.102. The number of aryl methyl sites for hydroxylation is 2. The monoisotopic (exact) mass is 233 g/mol. The first kappa shape index (κ1) is 11.4. The molecule has 0 saturated heterocycles. The van der Waals surface area contributed by atoms with Crippen molar-refractivity contribution in [2.24, 2.45) is 0 Å². The maximum Gasteiger partial charge on any atom is 0.214 e. The number of ketones is 1. The number of carbonyl (C=O) groups excluding carboxylic acids is 1. The van der Waals surface area contributed by atoms with Gasteiger partial charge in [-0.2, -0.15) is 5.10 Å². The summed E-state index contributed by atoms with van der Waals surface area (Å²) in [6.45, 7) is 4.25. The molecule has 0 amide bonds. The summed E-state index contributed by atoms with van der Waals surface area (Å²) in [7, 11) is 0. The third-order valence-corrected chi connectivity index (χ3v) is 2.45. The Hall–Kier alpha value is -2.04. The average molecular weight is 233 g/mol. The smallest absolute Gasteiger partial charge is 0.214 e. The molecule has 17 heavy (non-hydrogen) atoms. The normalized spacial score (nSPS) is 10.5. The Morgan fingerprint density at radius 3 is 2.94 bits per heavy atom. The van der Waals surface area contributed by atoms with E-state index in [-0.39, 0.29) is 11.3 Å². The van der Waals surface area contributed by atoms with Gasteiger partial charge in [-0.1, -0.05) is 0 Å². The van der Waals surface area contributed by atoms with Crippen LogP contribution in [-0.2, 0) is 6.54 Å². The molecular formula is C12H12FN3O. The van der Waals surface area contributed by atoms with Crippen molar-refractivity contribution >= 4 is 5.78 Å². The highest BCUT2D eigenvalue weighted by Crippen LogP contribution is 2.13. The van der Waals surface area contributed by atoms with Crippen LogP contribution in [0.5, 0.6) is 0 Å². The fourth-order valence-electron chi connectivity index (χ4n) is 1.67. The van der Waals surface area contributed by atoms with Gasteiger partial charge in [-0.15, -0.1) is 0 Å². The summed E-state index contributed by atoms with van der Waals surface area (Å²) in [6, 6.07) is 3.03. The third kappa shape index (κ3) is 2.08. The van der Waals surface area contributed by atoms with Crippen molar-refractivity contribution in [1.29, 1.82) is 0 Å². The second kappa shape index (κ2) is 4.45. The zero-order chi connectivity index (χ0) is 12.4. The molecule has 5 heteroatoms. The lowest BCUT2D eigenvalue weighted by Crippen LogP contribution is -2.12. The van der Waals surface area contributed by atoms with Gasteiger partial charge in [0, 0.05) is 12.7 Å². The van der Waals surface area contributed by atoms with Crippen LogP contribution in [-0.4, -0.2) is 20.5 Å². The van der Waals surface area contributed by atoms with Crippen molar-refractivity contribution in [3.63, 3.8) is 0 Å². The molecule has 0 radical (unpaired) electrons. The van der Waals surface area contributed by atoms with Gasteiger partial charge in [0.25, 0.3) is 0 Å². The number of carbonyl (C=O) groups is 1. The zero-order valence-corrected chi connectivity index (χ0v) is 9.64. The first-order valence-corrected chi connectivity index (χ1v) is 5.32. The molecule has 0 fully saturated rings. The van der Waals surface area contributed by atoms with E-state index in [1.807, 2.05) is 6.92 Å². The SMILES string of the molecule is CCn1nc(C)cc1C(=O)c1ccncc1F. The summed E-state index contributed by atoms with van der Waals surface area (Å²) in [4.78, 5) is 15.8. The van der Waals surface area contributed by atoms with Gasteiger partial charge < -0.3 is 0 Å². The van der Waals surface area contributed by atoms with Gasteiger partial charge in [-0.3, -0.25) is 14.5 Å². The van der Waals surface area contributed by atoms with E-state index in [0.717, 1.165) is 11.9 Å². The van der Waals surface area contributed by atoms with Crippen LogP contribution in [0.25, 0.3) is 0 Å². The minimum absolute atomic E-state index is 0.0228. The highest BCUT2D eigenvalue weighted by Gasteiger charge is 2.18. The summed E-state index contributed by atoms with van der Waals surface area (Å²) in [5.74, 6) is -0.980. The quantitative estimate of drug-likeness (QED) is 0.761. The van der Waals surface area contributed by atoms with E-state index < -0.39 is 5.82 Å². The second-order valence-corrected chi connectivity index (χ2v) is 3.67. The van der Waals surface area contributed by atoms with Gasteiger partial charge in [0.15, 0.2) is 5.82 Å². The number of hydrogen-bond donors (Lipinski definition) is 0. The van der Waals surface area contributed by atoms with Gasteiger partial charge in [0.2, 0.25) is 5.78 Å². The molecule has 0 bridgehead atoms. The Morgan fingerprint density at radius 1 is 1.53 bits per heavy atom. The predicted octanol–water partition coefficient (Wildman–Crippen LogP) is 1.98. The van der Waals surface area contributed by atoms with E-state index in [9.17, 15) is 9.18 Å². The maximum absolute atomic E-state index is 13.5. The predicted molar refractivity (Wildman–Crippen MR) is 60.3 cm³/mol. The summed E-state index contributed by atoms with van der Waals surface area (Å²) in [5.41, 5.74) is 1.16. The molecule has 0 N–H and O–H groups in total. The van der Waals surface area contributed by atoms with Crippen LogP contribution in [0.1, 0.15) is 28.7 Å². The number of pyridine rings is 1. The molecule has 2 heterocycles. The third-order valence-electron chi connectivity index (χ3n) is 2.45. The first-order chi connectivity index (χ1) is 8.13. The molecular weight excluding hydrogens is 221 g/mol. The van der Waals surface area contributed by atoms with Crippen LogP contribution in [0.15, 0.2) is 24.5 Å². The largest absolute Gasteiger partial charge is 0.287 e. The van der Waals surface area contributed by atoms with Crippen molar-refractivity contribution in [3.8, 4) is 0 Å². The summed E-state index contributed by atoms with van der Waals surface area (Å²) >= 11 is 0. The summed E-state index contributed by atoms with van der Waals surface area (Å²) < 4.78 is 15.0. The average Bonchev–Trinajstić information content (AvgIpc) is 2.70. The Kier molecular flexibility index (Phi) is 2.99. The Balaban J connectivity index is 2.47. The van der Waals surface area contributed by atoms with Gasteiger partial charge >= 0.3 is 0 Å². The van der Waals surface area contributed by atoms with E-state index in [4.69, 9.17) is 0 Å². The Morgan fingerprint density at radius 2 is 2.29 bits per heavy atom. The number of hydrogen-bond acceptors (Lipinski definition) is 3. The van der Waals surface area contributed by atoms with Crippen LogP contribution in [0.2, 0.25) is 0 Å². The molecule has 0 atom stereocenters. The molecule has 4 nitrogen and oxygen atoms in total. The van der Waals surface area contributed by atoms with Crippen molar-refractivity contribution in [1.82, 2.24) is 14.8 Å². The van der Waals surface area contributed by atoms with Crippen LogP contribution in [0.4, 0.5) is 4.39 Å². The molecule has 2 aromatic heterocycles. The molecule has 0 aliphatic carbocycles. The van der Waals surface area contributed by atoms with E-state index in [1.165, 1.54) is 12.3 Å². The summed E-state index contributed by atoms with van der Waals surface area (Å²) in [6.07, 6.45) is 2.43. The molecule has 0 aliphatic rings. The van der Waals surface area contributed by atoms with Crippen LogP contribution in [0.3, 0.4) is 0 Å². The van der Waals surface area contributed by atoms with Gasteiger partial charge in [-0.05, 0) is 26.0 Å². The first-order valence-electron chi connectivity index (χ1n) is 5.32. The maximum atomic E-state index is 13.5. The molecule has 0 aromatic carbocycles. The number of halogens is 1. The van der Waals surface area contributed by atoms with E-state index >= 15 is 0 Å². The topological polar surface area (TPSA) is 47.8 Å². The van der Waals surface area contributed by atoms with Crippen molar-refractivity contribution < 1.29 is 9.18 Å². The summed E-state index contributed by atoms with van der Waals surface area (Å²) in [5, 5.41) is 4.16. The molecule has 2 aromatic rings. The van der Waals surface area contributed by atoms with Gasteiger partial charge in [0.05, 0.1) is 17.5 Å². The molecule has 2 rings (SSSR count). The van der Waals surface area contributed by atoms with Crippen molar-refractivity contribution in [2.75, 3.05) is 0 Å². The highest BCUT2D eigenvalue weighted by atomic mass is 19.1. The van der Waals surface area contributed by atoms with Gasteiger partial charge in [-0.25, -0.2) is 4.39 Å². The molecule has 0 unspecified atom stereocenters. The number of aromatic nitrogens is 3. The lowest BCUT2D eigenvalue weighted by atomic mass is 10.1.